The van der Waals surface area contributed by atoms with Crippen LogP contribution in [0.2, 0.25) is 0 Å². The fraction of sp³-hybridized carbons (Fsp3) is 0.238. The van der Waals surface area contributed by atoms with Crippen LogP contribution < -0.4 is 10.6 Å². The molecule has 0 spiro atoms. The van der Waals surface area contributed by atoms with E-state index >= 15 is 0 Å². The van der Waals surface area contributed by atoms with Crippen molar-refractivity contribution < 1.29 is 4.79 Å². The molecule has 1 aromatic carbocycles. The Hall–Kier alpha value is -3.28. The first-order valence-electron chi connectivity index (χ1n) is 9.11. The summed E-state index contributed by atoms with van der Waals surface area (Å²) in [5.41, 5.74) is 2.25. The van der Waals surface area contributed by atoms with Gasteiger partial charge in [0.25, 0.3) is 5.91 Å². The summed E-state index contributed by atoms with van der Waals surface area (Å²) in [5.74, 6) is 0.938. The zero-order chi connectivity index (χ0) is 18.9. The van der Waals surface area contributed by atoms with Gasteiger partial charge in [0.15, 0.2) is 5.82 Å². The molecule has 2 N–H and O–H groups in total. The number of pyridine rings is 1. The molecule has 0 saturated heterocycles. The Balaban J connectivity index is 1.84. The van der Waals surface area contributed by atoms with Crippen LogP contribution >= 0.6 is 0 Å². The first-order valence-corrected chi connectivity index (χ1v) is 9.11. The van der Waals surface area contributed by atoms with E-state index in [-0.39, 0.29) is 5.91 Å². The van der Waals surface area contributed by atoms with Crippen molar-refractivity contribution in [3.8, 4) is 11.4 Å². The second kappa shape index (κ2) is 9.43. The van der Waals surface area contributed by atoms with E-state index in [0.29, 0.717) is 30.4 Å². The van der Waals surface area contributed by atoms with Gasteiger partial charge in [-0.05, 0) is 18.1 Å². The zero-order valence-electron chi connectivity index (χ0n) is 15.4. The molecule has 0 unspecified atom stereocenters. The number of hydrogen-bond donors (Lipinski definition) is 2. The fourth-order valence-electron chi connectivity index (χ4n) is 2.54. The lowest BCUT2D eigenvalue weighted by atomic mass is 10.2. The number of anilines is 1. The maximum Gasteiger partial charge on any atom is 0.270 e. The van der Waals surface area contributed by atoms with Crippen molar-refractivity contribution in [2.24, 2.45) is 0 Å². The van der Waals surface area contributed by atoms with Crippen molar-refractivity contribution in [1.29, 1.82) is 0 Å². The van der Waals surface area contributed by atoms with Gasteiger partial charge in [-0.1, -0.05) is 49.7 Å². The zero-order valence-corrected chi connectivity index (χ0v) is 15.4. The van der Waals surface area contributed by atoms with E-state index in [1.807, 2.05) is 42.5 Å². The molecular formula is C21H23N5O. The van der Waals surface area contributed by atoms with Gasteiger partial charge >= 0.3 is 0 Å². The Bertz CT molecular complexity index is 868. The molecule has 2 heterocycles. The minimum absolute atomic E-state index is 0.188. The summed E-state index contributed by atoms with van der Waals surface area (Å²) in [6.07, 6.45) is 5.50. The van der Waals surface area contributed by atoms with Crippen LogP contribution in [-0.4, -0.2) is 27.4 Å². The summed E-state index contributed by atoms with van der Waals surface area (Å²) in [4.78, 5) is 25.6. The summed E-state index contributed by atoms with van der Waals surface area (Å²) in [5, 5.41) is 6.18. The van der Waals surface area contributed by atoms with Crippen LogP contribution in [0.1, 0.15) is 35.8 Å². The van der Waals surface area contributed by atoms with Gasteiger partial charge in [-0.3, -0.25) is 9.78 Å². The average Bonchev–Trinajstić information content (AvgIpc) is 2.73. The highest BCUT2D eigenvalue weighted by Gasteiger charge is 2.12. The minimum Gasteiger partial charge on any atom is -0.366 e. The van der Waals surface area contributed by atoms with Gasteiger partial charge < -0.3 is 10.6 Å². The van der Waals surface area contributed by atoms with Crippen LogP contribution in [0.5, 0.6) is 0 Å². The number of benzene rings is 1. The predicted molar refractivity (Wildman–Crippen MR) is 106 cm³/mol. The van der Waals surface area contributed by atoms with Gasteiger partial charge in [0.1, 0.15) is 11.5 Å². The smallest absolute Gasteiger partial charge is 0.270 e. The molecule has 0 radical (unpaired) electrons. The Kier molecular flexibility index (Phi) is 6.46. The maximum atomic E-state index is 12.5. The van der Waals surface area contributed by atoms with Gasteiger partial charge in [0.2, 0.25) is 0 Å². The van der Waals surface area contributed by atoms with E-state index in [2.05, 4.69) is 32.5 Å². The Morgan fingerprint density at radius 2 is 1.93 bits per heavy atom. The molecule has 0 atom stereocenters. The van der Waals surface area contributed by atoms with E-state index in [4.69, 9.17) is 0 Å². The van der Waals surface area contributed by atoms with Crippen molar-refractivity contribution in [1.82, 2.24) is 20.3 Å². The largest absolute Gasteiger partial charge is 0.366 e. The molecule has 0 fully saturated rings. The Labute approximate surface area is 159 Å². The minimum atomic E-state index is -0.188. The van der Waals surface area contributed by atoms with Crippen molar-refractivity contribution in [2.45, 2.75) is 26.3 Å². The van der Waals surface area contributed by atoms with Crippen LogP contribution in [0.3, 0.4) is 0 Å². The molecule has 1 amide bonds. The van der Waals surface area contributed by atoms with Gasteiger partial charge in [0.05, 0.1) is 0 Å². The lowest BCUT2D eigenvalue weighted by Gasteiger charge is -2.10. The molecule has 6 heteroatoms. The average molecular weight is 361 g/mol. The lowest BCUT2D eigenvalue weighted by Crippen LogP contribution is -2.25. The molecule has 0 aliphatic rings. The number of amides is 1. The van der Waals surface area contributed by atoms with Gasteiger partial charge in [-0.2, -0.15) is 0 Å². The number of nitrogens with one attached hydrogen (secondary N) is 2. The van der Waals surface area contributed by atoms with Crippen molar-refractivity contribution in [3.05, 3.63) is 72.2 Å². The highest BCUT2D eigenvalue weighted by atomic mass is 16.1. The first-order chi connectivity index (χ1) is 13.3. The molecule has 3 rings (SSSR count). The normalized spacial score (nSPS) is 10.4. The van der Waals surface area contributed by atoms with E-state index in [0.717, 1.165) is 24.0 Å². The highest BCUT2D eigenvalue weighted by Crippen LogP contribution is 2.18. The quantitative estimate of drug-likeness (QED) is 0.598. The lowest BCUT2D eigenvalue weighted by molar-refractivity contribution is 0.0948. The summed E-state index contributed by atoms with van der Waals surface area (Å²) in [6.45, 7) is 3.29. The van der Waals surface area contributed by atoms with E-state index in [1.165, 1.54) is 0 Å². The van der Waals surface area contributed by atoms with Crippen molar-refractivity contribution >= 4 is 11.7 Å². The van der Waals surface area contributed by atoms with Crippen molar-refractivity contribution in [3.63, 3.8) is 0 Å². The number of nitrogens with zero attached hydrogens (tertiary/aromatic N) is 3. The molecule has 0 bridgehead atoms. The summed E-state index contributed by atoms with van der Waals surface area (Å²) in [6, 6.07) is 15.2. The predicted octanol–water partition coefficient (Wildman–Crippen LogP) is 3.68. The number of aromatic nitrogens is 3. The third kappa shape index (κ3) is 5.34. The monoisotopic (exact) mass is 361 g/mol. The van der Waals surface area contributed by atoms with Crippen LogP contribution in [0, 0.1) is 0 Å². The number of carbonyl (C=O) groups is 1. The van der Waals surface area contributed by atoms with E-state index in [9.17, 15) is 4.79 Å². The van der Waals surface area contributed by atoms with Gasteiger partial charge in [0, 0.05) is 37.1 Å². The third-order valence-corrected chi connectivity index (χ3v) is 4.00. The highest BCUT2D eigenvalue weighted by molar-refractivity contribution is 5.93. The molecular weight excluding hydrogens is 338 g/mol. The summed E-state index contributed by atoms with van der Waals surface area (Å²) >= 11 is 0. The Morgan fingerprint density at radius 3 is 2.67 bits per heavy atom. The van der Waals surface area contributed by atoms with Crippen LogP contribution in [0.4, 0.5) is 5.82 Å². The number of carbonyl (C=O) groups excluding carboxylic acids is 1. The molecule has 138 valence electrons. The SMILES string of the molecule is CCCCNC(=O)c1cc(NCc2cccnc2)nc(-c2ccccc2)n1. The molecule has 0 saturated carbocycles. The fourth-order valence-corrected chi connectivity index (χ4v) is 2.54. The molecule has 3 aromatic rings. The topological polar surface area (TPSA) is 79.8 Å². The number of unbranched alkanes of at least 4 members (excludes halogenated alkanes) is 1. The van der Waals surface area contributed by atoms with Crippen molar-refractivity contribution in [2.75, 3.05) is 11.9 Å². The third-order valence-electron chi connectivity index (χ3n) is 4.00. The number of rotatable bonds is 8. The second-order valence-electron chi connectivity index (χ2n) is 6.15. The summed E-state index contributed by atoms with van der Waals surface area (Å²) in [7, 11) is 0. The second-order valence-corrected chi connectivity index (χ2v) is 6.15. The first kappa shape index (κ1) is 18.5. The van der Waals surface area contributed by atoms with Crippen LogP contribution in [-0.2, 0) is 6.54 Å². The number of hydrogen-bond acceptors (Lipinski definition) is 5. The van der Waals surface area contributed by atoms with E-state index < -0.39 is 0 Å². The maximum absolute atomic E-state index is 12.5. The standard InChI is InChI=1S/C21H23N5O/c1-2-3-12-23-21(27)18-13-19(24-15-16-8-7-11-22-14-16)26-20(25-18)17-9-5-4-6-10-17/h4-11,13-14H,2-3,12,15H2,1H3,(H,23,27)(H,24,25,26). The molecule has 6 nitrogen and oxygen atoms in total. The molecule has 2 aromatic heterocycles. The van der Waals surface area contributed by atoms with Crippen LogP contribution in [0.25, 0.3) is 11.4 Å². The Morgan fingerprint density at radius 1 is 1.07 bits per heavy atom. The van der Waals surface area contributed by atoms with Gasteiger partial charge in [-0.25, -0.2) is 9.97 Å². The molecule has 27 heavy (non-hydrogen) atoms. The van der Waals surface area contributed by atoms with Crippen LogP contribution in [0.15, 0.2) is 60.9 Å². The van der Waals surface area contributed by atoms with Gasteiger partial charge in [-0.15, -0.1) is 0 Å². The molecule has 0 aliphatic heterocycles. The molecule has 0 aliphatic carbocycles. The summed E-state index contributed by atoms with van der Waals surface area (Å²) < 4.78 is 0. The van der Waals surface area contributed by atoms with E-state index in [1.54, 1.807) is 18.5 Å².